The molecule has 0 fully saturated rings. The predicted molar refractivity (Wildman–Crippen MR) is 105 cm³/mol. The number of carbonyl (C=O) groups is 2. The van der Waals surface area contributed by atoms with Crippen molar-refractivity contribution in [1.29, 1.82) is 0 Å². The van der Waals surface area contributed by atoms with Gasteiger partial charge in [0.15, 0.2) is 0 Å². The molecule has 5 heteroatoms. The molecule has 0 atom stereocenters. The number of anilines is 1. The van der Waals surface area contributed by atoms with Gasteiger partial charge in [0, 0.05) is 30.3 Å². The number of amides is 2. The molecule has 0 aliphatic rings. The fourth-order valence-corrected chi connectivity index (χ4v) is 2.50. The van der Waals surface area contributed by atoms with Gasteiger partial charge in [0.05, 0.1) is 0 Å². The van der Waals surface area contributed by atoms with Crippen molar-refractivity contribution in [3.05, 3.63) is 65.7 Å². The van der Waals surface area contributed by atoms with Crippen LogP contribution in [0.4, 0.5) is 5.69 Å². The van der Waals surface area contributed by atoms with Gasteiger partial charge in [-0.15, -0.1) is 0 Å². The first-order valence-corrected chi connectivity index (χ1v) is 8.95. The molecule has 3 N–H and O–H groups in total. The molecular formula is C21H27N3O2. The van der Waals surface area contributed by atoms with E-state index in [9.17, 15) is 9.59 Å². The van der Waals surface area contributed by atoms with Crippen molar-refractivity contribution in [2.45, 2.75) is 26.8 Å². The maximum atomic E-state index is 12.9. The van der Waals surface area contributed by atoms with Crippen molar-refractivity contribution in [3.8, 4) is 0 Å². The summed E-state index contributed by atoms with van der Waals surface area (Å²) >= 11 is 0. The van der Waals surface area contributed by atoms with Crippen LogP contribution in [0.15, 0.2) is 54.6 Å². The van der Waals surface area contributed by atoms with E-state index in [1.54, 1.807) is 24.3 Å². The van der Waals surface area contributed by atoms with Crippen LogP contribution in [0.5, 0.6) is 0 Å². The SMILES string of the molecule is CC(C)C(=O)Nc1ccc(C(=O)N(CCCN)Cc2ccccc2)cc1. The molecule has 2 aromatic rings. The van der Waals surface area contributed by atoms with E-state index < -0.39 is 0 Å². The van der Waals surface area contributed by atoms with Crippen molar-refractivity contribution in [2.24, 2.45) is 11.7 Å². The van der Waals surface area contributed by atoms with E-state index in [1.165, 1.54) is 0 Å². The summed E-state index contributed by atoms with van der Waals surface area (Å²) in [6.45, 7) is 5.37. The molecule has 2 amide bonds. The van der Waals surface area contributed by atoms with Crippen molar-refractivity contribution < 1.29 is 9.59 Å². The summed E-state index contributed by atoms with van der Waals surface area (Å²) in [5.74, 6) is -0.171. The molecule has 5 nitrogen and oxygen atoms in total. The maximum Gasteiger partial charge on any atom is 0.254 e. The second-order valence-corrected chi connectivity index (χ2v) is 6.58. The van der Waals surface area contributed by atoms with Gasteiger partial charge in [-0.25, -0.2) is 0 Å². The summed E-state index contributed by atoms with van der Waals surface area (Å²) in [6, 6.07) is 16.9. The Labute approximate surface area is 155 Å². The quantitative estimate of drug-likeness (QED) is 0.765. The second-order valence-electron chi connectivity index (χ2n) is 6.58. The Hall–Kier alpha value is -2.66. The van der Waals surface area contributed by atoms with Crippen LogP contribution in [-0.2, 0) is 11.3 Å². The van der Waals surface area contributed by atoms with Gasteiger partial charge in [-0.2, -0.15) is 0 Å². The monoisotopic (exact) mass is 353 g/mol. The van der Waals surface area contributed by atoms with Gasteiger partial charge in [-0.05, 0) is 42.8 Å². The molecule has 0 unspecified atom stereocenters. The lowest BCUT2D eigenvalue weighted by atomic mass is 10.1. The second kappa shape index (κ2) is 9.73. The van der Waals surface area contributed by atoms with E-state index in [0.29, 0.717) is 30.9 Å². The number of carbonyl (C=O) groups excluding carboxylic acids is 2. The highest BCUT2D eigenvalue weighted by Crippen LogP contribution is 2.15. The van der Waals surface area contributed by atoms with Gasteiger partial charge in [0.2, 0.25) is 5.91 Å². The standard InChI is InChI=1S/C21H27N3O2/c1-16(2)20(25)23-19-11-9-18(10-12-19)21(26)24(14-6-13-22)15-17-7-4-3-5-8-17/h3-5,7-12,16H,6,13-15,22H2,1-2H3,(H,23,25). The smallest absolute Gasteiger partial charge is 0.254 e. The highest BCUT2D eigenvalue weighted by molar-refractivity contribution is 5.96. The van der Waals surface area contributed by atoms with Crippen molar-refractivity contribution in [3.63, 3.8) is 0 Å². The zero-order valence-corrected chi connectivity index (χ0v) is 15.4. The van der Waals surface area contributed by atoms with Gasteiger partial charge < -0.3 is 16.0 Å². The molecule has 0 aromatic heterocycles. The Balaban J connectivity index is 2.10. The highest BCUT2D eigenvalue weighted by Gasteiger charge is 2.16. The lowest BCUT2D eigenvalue weighted by molar-refractivity contribution is -0.118. The lowest BCUT2D eigenvalue weighted by Gasteiger charge is -2.23. The topological polar surface area (TPSA) is 75.4 Å². The van der Waals surface area contributed by atoms with Crippen LogP contribution in [0.2, 0.25) is 0 Å². The van der Waals surface area contributed by atoms with Crippen LogP contribution in [-0.4, -0.2) is 29.8 Å². The molecule has 0 saturated heterocycles. The van der Waals surface area contributed by atoms with E-state index in [1.807, 2.05) is 49.1 Å². The van der Waals surface area contributed by atoms with E-state index in [-0.39, 0.29) is 17.7 Å². The number of hydrogen-bond donors (Lipinski definition) is 2. The number of rotatable bonds is 8. The molecule has 0 saturated carbocycles. The van der Waals surface area contributed by atoms with E-state index in [4.69, 9.17) is 5.73 Å². The summed E-state index contributed by atoms with van der Waals surface area (Å²) in [7, 11) is 0. The summed E-state index contributed by atoms with van der Waals surface area (Å²) < 4.78 is 0. The van der Waals surface area contributed by atoms with Gasteiger partial charge in [0.1, 0.15) is 0 Å². The molecular weight excluding hydrogens is 326 g/mol. The van der Waals surface area contributed by atoms with Crippen LogP contribution in [0, 0.1) is 5.92 Å². The first-order chi connectivity index (χ1) is 12.5. The van der Waals surface area contributed by atoms with Crippen LogP contribution in [0.25, 0.3) is 0 Å². The summed E-state index contributed by atoms with van der Waals surface area (Å²) in [6.07, 6.45) is 0.751. The van der Waals surface area contributed by atoms with Gasteiger partial charge >= 0.3 is 0 Å². The zero-order valence-electron chi connectivity index (χ0n) is 15.4. The van der Waals surface area contributed by atoms with Crippen LogP contribution >= 0.6 is 0 Å². The van der Waals surface area contributed by atoms with Crippen LogP contribution in [0.1, 0.15) is 36.2 Å². The van der Waals surface area contributed by atoms with Crippen molar-refractivity contribution in [1.82, 2.24) is 4.90 Å². The highest BCUT2D eigenvalue weighted by atomic mass is 16.2. The van der Waals surface area contributed by atoms with Crippen molar-refractivity contribution in [2.75, 3.05) is 18.4 Å². The Morgan fingerprint density at radius 3 is 2.27 bits per heavy atom. The average molecular weight is 353 g/mol. The Kier molecular flexibility index (Phi) is 7.36. The predicted octanol–water partition coefficient (Wildman–Crippen LogP) is 3.27. The van der Waals surface area contributed by atoms with Crippen molar-refractivity contribution >= 4 is 17.5 Å². The summed E-state index contributed by atoms with van der Waals surface area (Å²) in [5, 5.41) is 2.83. The number of hydrogen-bond acceptors (Lipinski definition) is 3. The third-order valence-corrected chi connectivity index (χ3v) is 4.06. The first-order valence-electron chi connectivity index (χ1n) is 8.95. The number of nitrogens with zero attached hydrogens (tertiary/aromatic N) is 1. The molecule has 2 rings (SSSR count). The number of nitrogens with one attached hydrogen (secondary N) is 1. The summed E-state index contributed by atoms with van der Waals surface area (Å²) in [5.41, 5.74) is 7.99. The lowest BCUT2D eigenvalue weighted by Crippen LogP contribution is -2.32. The third-order valence-electron chi connectivity index (χ3n) is 4.06. The molecule has 2 aromatic carbocycles. The zero-order chi connectivity index (χ0) is 18.9. The van der Waals surface area contributed by atoms with E-state index in [2.05, 4.69) is 5.32 Å². The number of nitrogens with two attached hydrogens (primary N) is 1. The van der Waals surface area contributed by atoms with Crippen LogP contribution < -0.4 is 11.1 Å². The molecule has 138 valence electrons. The van der Waals surface area contributed by atoms with E-state index in [0.717, 1.165) is 12.0 Å². The Bertz CT molecular complexity index is 712. The normalized spacial score (nSPS) is 10.6. The van der Waals surface area contributed by atoms with Crippen LogP contribution in [0.3, 0.4) is 0 Å². The summed E-state index contributed by atoms with van der Waals surface area (Å²) in [4.78, 5) is 26.5. The average Bonchev–Trinajstić information content (AvgIpc) is 2.66. The molecule has 0 aliphatic heterocycles. The molecule has 0 bridgehead atoms. The first kappa shape index (κ1) is 19.7. The van der Waals surface area contributed by atoms with Gasteiger partial charge in [0.25, 0.3) is 5.91 Å². The molecule has 0 radical (unpaired) electrons. The van der Waals surface area contributed by atoms with Gasteiger partial charge in [-0.3, -0.25) is 9.59 Å². The van der Waals surface area contributed by atoms with Gasteiger partial charge in [-0.1, -0.05) is 44.2 Å². The molecule has 0 heterocycles. The largest absolute Gasteiger partial charge is 0.334 e. The Morgan fingerprint density at radius 1 is 1.04 bits per heavy atom. The number of benzene rings is 2. The maximum absolute atomic E-state index is 12.9. The molecule has 26 heavy (non-hydrogen) atoms. The molecule has 0 aliphatic carbocycles. The van der Waals surface area contributed by atoms with E-state index >= 15 is 0 Å². The fourth-order valence-electron chi connectivity index (χ4n) is 2.50. The Morgan fingerprint density at radius 2 is 1.69 bits per heavy atom. The third kappa shape index (κ3) is 5.70. The molecule has 0 spiro atoms. The minimum absolute atomic E-state index is 0.0379. The minimum Gasteiger partial charge on any atom is -0.334 e. The minimum atomic E-state index is -0.0889. The fraction of sp³-hybridized carbons (Fsp3) is 0.333.